The molecule has 1 aliphatic carbocycles. The first-order chi connectivity index (χ1) is 19.9. The average Bonchev–Trinajstić information content (AvgIpc) is 2.93. The standard InChI is InChI=1S/C30H53NO11/c1-22-6-8-23(9-7-22)10-11-26(34)39-20-25(17-33)21-41-28(36)13-15-31(29(37)42-30(2,3)4)14-12-27(35)40-19-24(16-32)18-38-5/h22-25,32-33H,6-21H2,1-5H3. The van der Waals surface area contributed by atoms with Gasteiger partial charge in [0, 0.05) is 32.5 Å². The summed E-state index contributed by atoms with van der Waals surface area (Å²) in [6.45, 7) is 6.72. The Kier molecular flexibility index (Phi) is 18.3. The van der Waals surface area contributed by atoms with E-state index in [-0.39, 0.29) is 77.5 Å². The Labute approximate surface area is 250 Å². The van der Waals surface area contributed by atoms with Gasteiger partial charge in [0.25, 0.3) is 0 Å². The Hall–Kier alpha value is -2.44. The highest BCUT2D eigenvalue weighted by molar-refractivity contribution is 5.74. The van der Waals surface area contributed by atoms with Crippen LogP contribution in [0.4, 0.5) is 4.79 Å². The number of aliphatic hydroxyl groups is 2. The zero-order valence-corrected chi connectivity index (χ0v) is 26.1. The molecular weight excluding hydrogens is 550 g/mol. The fourth-order valence-electron chi connectivity index (χ4n) is 4.40. The lowest BCUT2D eigenvalue weighted by molar-refractivity contribution is -0.150. The minimum atomic E-state index is -0.786. The molecule has 1 rings (SSSR count). The summed E-state index contributed by atoms with van der Waals surface area (Å²) in [4.78, 5) is 50.7. The number of aliphatic hydroxyl groups excluding tert-OH is 2. The molecule has 244 valence electrons. The van der Waals surface area contributed by atoms with Crippen LogP contribution in [-0.4, -0.2) is 105 Å². The van der Waals surface area contributed by atoms with Crippen LogP contribution in [0.25, 0.3) is 0 Å². The van der Waals surface area contributed by atoms with Gasteiger partial charge in [-0.15, -0.1) is 0 Å². The van der Waals surface area contributed by atoms with Crippen LogP contribution in [0.15, 0.2) is 0 Å². The van der Waals surface area contributed by atoms with Gasteiger partial charge in [-0.3, -0.25) is 14.4 Å². The van der Waals surface area contributed by atoms with E-state index >= 15 is 0 Å². The van der Waals surface area contributed by atoms with Crippen molar-refractivity contribution >= 4 is 24.0 Å². The molecule has 1 saturated carbocycles. The van der Waals surface area contributed by atoms with Crippen molar-refractivity contribution in [2.75, 3.05) is 59.8 Å². The van der Waals surface area contributed by atoms with Crippen molar-refractivity contribution in [3.8, 4) is 0 Å². The molecule has 12 heteroatoms. The van der Waals surface area contributed by atoms with Crippen LogP contribution >= 0.6 is 0 Å². The predicted octanol–water partition coefficient (Wildman–Crippen LogP) is 3.10. The lowest BCUT2D eigenvalue weighted by Gasteiger charge is -2.27. The van der Waals surface area contributed by atoms with Crippen LogP contribution in [0.2, 0.25) is 0 Å². The van der Waals surface area contributed by atoms with Gasteiger partial charge in [0.2, 0.25) is 0 Å². The minimum Gasteiger partial charge on any atom is -0.465 e. The Morgan fingerprint density at radius 2 is 1.21 bits per heavy atom. The number of esters is 3. The monoisotopic (exact) mass is 603 g/mol. The van der Waals surface area contributed by atoms with Crippen molar-refractivity contribution < 1.29 is 53.1 Å². The van der Waals surface area contributed by atoms with Gasteiger partial charge in [-0.1, -0.05) is 32.6 Å². The molecule has 42 heavy (non-hydrogen) atoms. The number of rotatable bonds is 19. The number of hydrogen-bond donors (Lipinski definition) is 2. The summed E-state index contributed by atoms with van der Waals surface area (Å²) in [5.74, 6) is -1.13. The second kappa shape index (κ2) is 20.5. The average molecular weight is 604 g/mol. The van der Waals surface area contributed by atoms with Crippen molar-refractivity contribution in [1.29, 1.82) is 0 Å². The van der Waals surface area contributed by atoms with Crippen molar-refractivity contribution in [1.82, 2.24) is 4.90 Å². The summed E-state index contributed by atoms with van der Waals surface area (Å²) in [5, 5.41) is 18.9. The Morgan fingerprint density at radius 1 is 0.762 bits per heavy atom. The van der Waals surface area contributed by atoms with Crippen molar-refractivity contribution in [3.05, 3.63) is 0 Å². The minimum absolute atomic E-state index is 0.0247. The number of nitrogens with zero attached hydrogens (tertiary/aromatic N) is 1. The van der Waals surface area contributed by atoms with Gasteiger partial charge < -0.3 is 38.8 Å². The van der Waals surface area contributed by atoms with Crippen LogP contribution < -0.4 is 0 Å². The second-order valence-corrected chi connectivity index (χ2v) is 12.2. The maximum Gasteiger partial charge on any atom is 0.410 e. The summed E-state index contributed by atoms with van der Waals surface area (Å²) in [6, 6.07) is 0. The van der Waals surface area contributed by atoms with Crippen molar-refractivity contribution in [3.63, 3.8) is 0 Å². The second-order valence-electron chi connectivity index (χ2n) is 12.2. The zero-order valence-electron chi connectivity index (χ0n) is 26.1. The van der Waals surface area contributed by atoms with E-state index in [4.69, 9.17) is 23.7 Å². The van der Waals surface area contributed by atoms with E-state index in [1.165, 1.54) is 24.9 Å². The molecule has 0 saturated heterocycles. The first kappa shape index (κ1) is 37.6. The number of carbonyl (C=O) groups excluding carboxylic acids is 4. The summed E-state index contributed by atoms with van der Waals surface area (Å²) in [7, 11) is 1.48. The summed E-state index contributed by atoms with van der Waals surface area (Å²) >= 11 is 0. The molecule has 1 amide bonds. The van der Waals surface area contributed by atoms with Crippen molar-refractivity contribution in [2.24, 2.45) is 23.7 Å². The van der Waals surface area contributed by atoms with Gasteiger partial charge in [-0.05, 0) is 39.0 Å². The molecule has 0 spiro atoms. The van der Waals surface area contributed by atoms with Gasteiger partial charge in [0.1, 0.15) is 5.60 Å². The third-order valence-electron chi connectivity index (χ3n) is 7.07. The highest BCUT2D eigenvalue weighted by Gasteiger charge is 2.25. The van der Waals surface area contributed by atoms with Crippen LogP contribution in [0.5, 0.6) is 0 Å². The topological polar surface area (TPSA) is 158 Å². The van der Waals surface area contributed by atoms with E-state index in [9.17, 15) is 29.4 Å². The summed E-state index contributed by atoms with van der Waals surface area (Å²) in [6.07, 6.45) is 4.79. The molecule has 0 radical (unpaired) electrons. The quantitative estimate of drug-likeness (QED) is 0.165. The molecule has 1 fully saturated rings. The first-order valence-corrected chi connectivity index (χ1v) is 15.0. The van der Waals surface area contributed by atoms with Gasteiger partial charge >= 0.3 is 24.0 Å². The number of amides is 1. The highest BCUT2D eigenvalue weighted by Crippen LogP contribution is 2.31. The predicted molar refractivity (Wildman–Crippen MR) is 153 cm³/mol. The number of carbonyl (C=O) groups is 4. The Balaban J connectivity index is 2.46. The van der Waals surface area contributed by atoms with Crippen molar-refractivity contribution in [2.45, 2.75) is 84.7 Å². The molecule has 2 N–H and O–H groups in total. The molecule has 0 aromatic rings. The van der Waals surface area contributed by atoms with Gasteiger partial charge in [0.15, 0.2) is 0 Å². The third kappa shape index (κ3) is 17.5. The van der Waals surface area contributed by atoms with Crippen LogP contribution in [0.1, 0.15) is 79.1 Å². The lowest BCUT2D eigenvalue weighted by Crippen LogP contribution is -2.39. The van der Waals surface area contributed by atoms with E-state index in [0.717, 1.165) is 25.2 Å². The van der Waals surface area contributed by atoms with Gasteiger partial charge in [0.05, 0.1) is 58.4 Å². The summed E-state index contributed by atoms with van der Waals surface area (Å²) in [5.41, 5.74) is -0.786. The maximum atomic E-state index is 12.7. The van der Waals surface area contributed by atoms with Gasteiger partial charge in [-0.2, -0.15) is 0 Å². The summed E-state index contributed by atoms with van der Waals surface area (Å²) < 4.78 is 26.1. The first-order valence-electron chi connectivity index (χ1n) is 15.0. The maximum absolute atomic E-state index is 12.7. The van der Waals surface area contributed by atoms with E-state index in [1.54, 1.807) is 20.8 Å². The molecule has 0 bridgehead atoms. The van der Waals surface area contributed by atoms with E-state index in [2.05, 4.69) is 6.92 Å². The lowest BCUT2D eigenvalue weighted by atomic mass is 9.81. The largest absolute Gasteiger partial charge is 0.465 e. The molecule has 1 aliphatic rings. The zero-order chi connectivity index (χ0) is 31.5. The Bertz CT molecular complexity index is 806. The molecular formula is C30H53NO11. The molecule has 0 heterocycles. The highest BCUT2D eigenvalue weighted by atomic mass is 16.6. The molecule has 0 aromatic carbocycles. The third-order valence-corrected chi connectivity index (χ3v) is 7.07. The van der Waals surface area contributed by atoms with Crippen LogP contribution in [-0.2, 0) is 38.1 Å². The smallest absolute Gasteiger partial charge is 0.410 e. The van der Waals surface area contributed by atoms with E-state index < -0.39 is 29.6 Å². The molecule has 0 aromatic heterocycles. The molecule has 2 atom stereocenters. The molecule has 2 unspecified atom stereocenters. The fourth-order valence-corrected chi connectivity index (χ4v) is 4.40. The van der Waals surface area contributed by atoms with Gasteiger partial charge in [-0.25, -0.2) is 4.79 Å². The van der Waals surface area contributed by atoms with Crippen LogP contribution in [0, 0.1) is 23.7 Å². The molecule has 0 aliphatic heterocycles. The molecule has 12 nitrogen and oxygen atoms in total. The Morgan fingerprint density at radius 3 is 1.64 bits per heavy atom. The normalized spacial score (nSPS) is 18.5. The number of hydrogen-bond acceptors (Lipinski definition) is 11. The number of ether oxygens (including phenoxy) is 5. The van der Waals surface area contributed by atoms with E-state index in [0.29, 0.717) is 12.3 Å². The van der Waals surface area contributed by atoms with Crippen LogP contribution in [0.3, 0.4) is 0 Å². The SMILES string of the molecule is COCC(CO)COC(=O)CCN(CCC(=O)OCC(CO)COC(=O)CCC1CCC(C)CC1)C(=O)OC(C)(C)C. The number of methoxy groups -OCH3 is 1. The van der Waals surface area contributed by atoms with E-state index in [1.807, 2.05) is 0 Å². The fraction of sp³-hybridized carbons (Fsp3) is 0.867.